The number of furan rings is 1. The molecule has 3 aromatic carbocycles. The van der Waals surface area contributed by atoms with Crippen LogP contribution in [-0.4, -0.2) is 38.4 Å². The van der Waals surface area contributed by atoms with E-state index >= 15 is 0 Å². The Hall–Kier alpha value is -4.59. The average molecular weight is 585 g/mol. The maximum absolute atomic E-state index is 13.0. The van der Waals surface area contributed by atoms with Gasteiger partial charge in [-0.15, -0.1) is 0 Å². The highest BCUT2D eigenvalue weighted by Crippen LogP contribution is 2.27. The molecule has 0 saturated carbocycles. The number of benzene rings is 3. The lowest BCUT2D eigenvalue weighted by Crippen LogP contribution is -2.16. The zero-order valence-electron chi connectivity index (χ0n) is 25.6. The van der Waals surface area contributed by atoms with E-state index in [4.69, 9.17) is 18.7 Å². The zero-order chi connectivity index (χ0) is 30.8. The van der Waals surface area contributed by atoms with Gasteiger partial charge in [0.2, 0.25) is 0 Å². The number of oxime groups is 1. The molecule has 0 aliphatic heterocycles. The van der Waals surface area contributed by atoms with Gasteiger partial charge in [-0.2, -0.15) is 0 Å². The van der Waals surface area contributed by atoms with E-state index in [0.717, 1.165) is 47.1 Å². The quantitative estimate of drug-likeness (QED) is 0.0741. The van der Waals surface area contributed by atoms with E-state index in [1.54, 1.807) is 36.5 Å². The molecule has 0 aliphatic rings. The molecule has 1 heterocycles. The van der Waals surface area contributed by atoms with Crippen molar-refractivity contribution in [3.05, 3.63) is 94.7 Å². The van der Waals surface area contributed by atoms with Gasteiger partial charge >= 0.3 is 5.97 Å². The Morgan fingerprint density at radius 2 is 1.74 bits per heavy atom. The Morgan fingerprint density at radius 1 is 0.977 bits per heavy atom. The van der Waals surface area contributed by atoms with E-state index in [9.17, 15) is 9.59 Å². The highest BCUT2D eigenvalue weighted by Gasteiger charge is 2.18. The van der Waals surface area contributed by atoms with E-state index < -0.39 is 5.97 Å². The number of nitrogens with one attached hydrogen (secondary N) is 1. The number of carbonyl (C=O) groups excluding carboxylic acids is 2. The molecule has 0 atom stereocenters. The van der Waals surface area contributed by atoms with Crippen molar-refractivity contribution in [1.82, 2.24) is 0 Å². The molecule has 0 unspecified atom stereocenters. The van der Waals surface area contributed by atoms with E-state index in [1.165, 1.54) is 7.11 Å². The molecule has 1 N–H and O–H groups in total. The summed E-state index contributed by atoms with van der Waals surface area (Å²) in [6.45, 7) is 9.20. The summed E-state index contributed by atoms with van der Waals surface area (Å²) in [5.41, 5.74) is 3.91. The number of fused-ring (bicyclic) bond motifs is 1. The number of methoxy groups -OCH3 is 1. The van der Waals surface area contributed by atoms with Gasteiger partial charge in [0.15, 0.2) is 0 Å². The van der Waals surface area contributed by atoms with Gasteiger partial charge in [0.1, 0.15) is 23.7 Å². The van der Waals surface area contributed by atoms with Crippen molar-refractivity contribution >= 4 is 34.7 Å². The molecule has 4 aromatic rings. The van der Waals surface area contributed by atoms with Crippen LogP contribution in [0.4, 0.5) is 5.69 Å². The van der Waals surface area contributed by atoms with E-state index in [0.29, 0.717) is 36.6 Å². The fraction of sp³-hybridized carbons (Fsp3) is 0.343. The topological polar surface area (TPSA) is 99.4 Å². The summed E-state index contributed by atoms with van der Waals surface area (Å²) < 4.78 is 16.8. The molecule has 1 amide bonds. The highest BCUT2D eigenvalue weighted by molar-refractivity contribution is 6.08. The Bertz CT molecular complexity index is 1560. The first-order valence-electron chi connectivity index (χ1n) is 14.6. The number of amides is 1. The third kappa shape index (κ3) is 8.25. The SMILES string of the molecule is CCCCc1oc2ccccc2c1/C=N\OCCCOc1ccc(C(=O)OC)c(NC(=O)c2ccc(C(C)(C)C)cc2)c1. The normalized spacial score (nSPS) is 11.6. The summed E-state index contributed by atoms with van der Waals surface area (Å²) >= 11 is 0. The lowest BCUT2D eigenvalue weighted by molar-refractivity contribution is 0.0602. The fourth-order valence-corrected chi connectivity index (χ4v) is 4.56. The van der Waals surface area contributed by atoms with Crippen LogP contribution in [0.25, 0.3) is 11.0 Å². The fourth-order valence-electron chi connectivity index (χ4n) is 4.56. The minimum absolute atomic E-state index is 0.0252. The molecular formula is C35H40N2O6. The van der Waals surface area contributed by atoms with Crippen molar-refractivity contribution in [3.63, 3.8) is 0 Å². The molecule has 4 rings (SSSR count). The molecule has 0 bridgehead atoms. The number of hydrogen-bond donors (Lipinski definition) is 1. The number of aryl methyl sites for hydroxylation is 1. The molecule has 0 spiro atoms. The van der Waals surface area contributed by atoms with Gasteiger partial charge < -0.3 is 24.0 Å². The highest BCUT2D eigenvalue weighted by atomic mass is 16.6. The number of rotatable bonds is 13. The number of ether oxygens (including phenoxy) is 2. The molecule has 0 aliphatic carbocycles. The second kappa shape index (κ2) is 14.5. The number of carbonyl (C=O) groups is 2. The van der Waals surface area contributed by atoms with E-state index in [2.05, 4.69) is 38.2 Å². The van der Waals surface area contributed by atoms with E-state index in [1.807, 2.05) is 36.4 Å². The van der Waals surface area contributed by atoms with Gasteiger partial charge in [-0.25, -0.2) is 4.79 Å². The van der Waals surface area contributed by atoms with Crippen LogP contribution in [0.1, 0.15) is 84.6 Å². The first-order valence-corrected chi connectivity index (χ1v) is 14.6. The van der Waals surface area contributed by atoms with Crippen LogP contribution in [0.2, 0.25) is 0 Å². The lowest BCUT2D eigenvalue weighted by atomic mass is 9.86. The van der Waals surface area contributed by atoms with Crippen LogP contribution >= 0.6 is 0 Å². The molecule has 0 saturated heterocycles. The lowest BCUT2D eigenvalue weighted by Gasteiger charge is -2.19. The van der Waals surface area contributed by atoms with Crippen molar-refractivity contribution < 1.29 is 28.3 Å². The minimum atomic E-state index is -0.556. The predicted octanol–water partition coefficient (Wildman–Crippen LogP) is 7.93. The number of hydrogen-bond acceptors (Lipinski definition) is 7. The third-order valence-electron chi connectivity index (χ3n) is 7.03. The van der Waals surface area contributed by atoms with Crippen LogP contribution in [0.5, 0.6) is 5.75 Å². The van der Waals surface area contributed by atoms with Crippen LogP contribution < -0.4 is 10.1 Å². The standard InChI is InChI=1S/C35H40N2O6/c1-6-7-12-32-29(27-11-8-9-13-31(27)43-32)23-36-42-21-10-20-41-26-18-19-28(34(39)40-5)30(22-26)37-33(38)24-14-16-25(17-15-24)35(2,3)4/h8-9,11,13-19,22-23H,6-7,10,12,20-21H2,1-5H3,(H,37,38)/b36-23-. The van der Waals surface area contributed by atoms with Crippen molar-refractivity contribution in [2.24, 2.45) is 5.16 Å². The summed E-state index contributed by atoms with van der Waals surface area (Å²) in [6, 6.07) is 20.2. The number of nitrogens with zero attached hydrogens (tertiary/aromatic N) is 1. The third-order valence-corrected chi connectivity index (χ3v) is 7.03. The Morgan fingerprint density at radius 3 is 2.47 bits per heavy atom. The predicted molar refractivity (Wildman–Crippen MR) is 169 cm³/mol. The summed E-state index contributed by atoms with van der Waals surface area (Å²) in [6.07, 6.45) is 5.26. The second-order valence-corrected chi connectivity index (χ2v) is 11.3. The summed E-state index contributed by atoms with van der Waals surface area (Å²) in [5.74, 6) is 0.524. The molecule has 1 aromatic heterocycles. The van der Waals surface area contributed by atoms with Crippen LogP contribution in [-0.2, 0) is 21.4 Å². The largest absolute Gasteiger partial charge is 0.493 e. The second-order valence-electron chi connectivity index (χ2n) is 11.3. The molecule has 0 radical (unpaired) electrons. The van der Waals surface area contributed by atoms with Crippen molar-refractivity contribution in [2.75, 3.05) is 25.6 Å². The zero-order valence-corrected chi connectivity index (χ0v) is 25.6. The number of esters is 1. The van der Waals surface area contributed by atoms with Crippen molar-refractivity contribution in [1.29, 1.82) is 0 Å². The van der Waals surface area contributed by atoms with Gasteiger partial charge in [-0.1, -0.05) is 69.6 Å². The summed E-state index contributed by atoms with van der Waals surface area (Å²) in [5, 5.41) is 8.02. The maximum atomic E-state index is 13.0. The molecule has 43 heavy (non-hydrogen) atoms. The molecule has 0 fully saturated rings. The molecule has 8 heteroatoms. The van der Waals surface area contributed by atoms with Crippen molar-refractivity contribution in [3.8, 4) is 5.75 Å². The molecule has 226 valence electrons. The number of unbranched alkanes of at least 4 members (excludes halogenated alkanes) is 1. The Labute approximate surface area is 253 Å². The summed E-state index contributed by atoms with van der Waals surface area (Å²) in [4.78, 5) is 30.9. The first kappa shape index (κ1) is 31.3. The molecule has 8 nitrogen and oxygen atoms in total. The van der Waals surface area contributed by atoms with Crippen LogP contribution in [0.3, 0.4) is 0 Å². The smallest absolute Gasteiger partial charge is 0.339 e. The molecular weight excluding hydrogens is 544 g/mol. The van der Waals surface area contributed by atoms with Gasteiger partial charge in [-0.3, -0.25) is 4.79 Å². The van der Waals surface area contributed by atoms with E-state index in [-0.39, 0.29) is 16.9 Å². The van der Waals surface area contributed by atoms with Crippen LogP contribution in [0.15, 0.2) is 76.3 Å². The Balaban J connectivity index is 1.34. The van der Waals surface area contributed by atoms with Crippen molar-refractivity contribution in [2.45, 2.75) is 58.8 Å². The first-order chi connectivity index (χ1) is 20.7. The van der Waals surface area contributed by atoms with Gasteiger partial charge in [0.25, 0.3) is 5.91 Å². The minimum Gasteiger partial charge on any atom is -0.493 e. The number of anilines is 1. The van der Waals surface area contributed by atoms with Crippen LogP contribution in [0, 0.1) is 0 Å². The summed E-state index contributed by atoms with van der Waals surface area (Å²) in [7, 11) is 1.30. The van der Waals surface area contributed by atoms with Gasteiger partial charge in [0.05, 0.1) is 31.2 Å². The van der Waals surface area contributed by atoms with Gasteiger partial charge in [0, 0.05) is 35.4 Å². The monoisotopic (exact) mass is 584 g/mol. The number of para-hydroxylation sites is 1. The Kier molecular flexibility index (Phi) is 10.6. The average Bonchev–Trinajstić information content (AvgIpc) is 3.36. The maximum Gasteiger partial charge on any atom is 0.339 e. The van der Waals surface area contributed by atoms with Gasteiger partial charge in [-0.05, 0) is 47.7 Å².